The molecule has 0 aliphatic heterocycles. The molecule has 1 aliphatic rings. The molecule has 2 N–H and O–H groups in total. The van der Waals surface area contributed by atoms with Gasteiger partial charge in [-0.25, -0.2) is 9.59 Å². The predicted molar refractivity (Wildman–Crippen MR) is 74.0 cm³/mol. The normalized spacial score (nSPS) is 16.5. The van der Waals surface area contributed by atoms with Crippen LogP contribution in [0.4, 0.5) is 4.79 Å². The summed E-state index contributed by atoms with van der Waals surface area (Å²) in [6.07, 6.45) is 2.80. The van der Waals surface area contributed by atoms with Crippen LogP contribution in [0, 0.1) is 11.8 Å². The Hall–Kier alpha value is -1.26. The minimum Gasteiger partial charge on any atom is -0.480 e. The Morgan fingerprint density at radius 1 is 1.26 bits per heavy atom. The number of hydrogen-bond donors (Lipinski definition) is 2. The Morgan fingerprint density at radius 3 is 2.21 bits per heavy atom. The zero-order valence-electron chi connectivity index (χ0n) is 12.3. The first-order chi connectivity index (χ1) is 8.81. The summed E-state index contributed by atoms with van der Waals surface area (Å²) >= 11 is 0. The van der Waals surface area contributed by atoms with E-state index in [4.69, 9.17) is 5.11 Å². The van der Waals surface area contributed by atoms with Gasteiger partial charge in [0.25, 0.3) is 0 Å². The summed E-state index contributed by atoms with van der Waals surface area (Å²) in [6, 6.07) is -0.961. The van der Waals surface area contributed by atoms with Crippen molar-refractivity contribution in [2.24, 2.45) is 11.8 Å². The number of rotatable bonds is 7. The lowest BCUT2D eigenvalue weighted by molar-refractivity contribution is -0.139. The maximum atomic E-state index is 12.2. The van der Waals surface area contributed by atoms with Gasteiger partial charge >= 0.3 is 12.0 Å². The van der Waals surface area contributed by atoms with Gasteiger partial charge in [-0.1, -0.05) is 13.8 Å². The minimum atomic E-state index is -0.961. The van der Waals surface area contributed by atoms with E-state index in [-0.39, 0.29) is 18.0 Å². The fourth-order valence-electron chi connectivity index (χ4n) is 2.03. The van der Waals surface area contributed by atoms with Gasteiger partial charge in [0.05, 0.1) is 0 Å². The van der Waals surface area contributed by atoms with Gasteiger partial charge < -0.3 is 15.3 Å². The topological polar surface area (TPSA) is 69.6 Å². The van der Waals surface area contributed by atoms with Gasteiger partial charge in [-0.2, -0.15) is 0 Å². The Balaban J connectivity index is 2.58. The van der Waals surface area contributed by atoms with Crippen molar-refractivity contribution in [2.75, 3.05) is 6.54 Å². The second-order valence-electron chi connectivity index (χ2n) is 6.16. The van der Waals surface area contributed by atoms with Crippen molar-refractivity contribution in [1.29, 1.82) is 0 Å². The average Bonchev–Trinajstić information content (AvgIpc) is 3.07. The summed E-state index contributed by atoms with van der Waals surface area (Å²) in [7, 11) is 0. The van der Waals surface area contributed by atoms with E-state index in [1.54, 1.807) is 4.90 Å². The highest BCUT2D eigenvalue weighted by Crippen LogP contribution is 2.30. The quantitative estimate of drug-likeness (QED) is 0.746. The lowest BCUT2D eigenvalue weighted by Crippen LogP contribution is -2.51. The third kappa shape index (κ3) is 5.49. The minimum absolute atomic E-state index is 0.0918. The molecule has 5 heteroatoms. The molecule has 1 atom stereocenters. The van der Waals surface area contributed by atoms with E-state index in [2.05, 4.69) is 5.32 Å². The van der Waals surface area contributed by atoms with Crippen LogP contribution >= 0.6 is 0 Å². The molecule has 0 aromatic heterocycles. The van der Waals surface area contributed by atoms with Crippen molar-refractivity contribution in [3.05, 3.63) is 0 Å². The number of urea groups is 1. The monoisotopic (exact) mass is 270 g/mol. The van der Waals surface area contributed by atoms with Gasteiger partial charge in [0.2, 0.25) is 0 Å². The molecule has 0 spiro atoms. The second kappa shape index (κ2) is 6.78. The molecule has 0 radical (unpaired) electrons. The first-order valence-electron chi connectivity index (χ1n) is 7.11. The van der Waals surface area contributed by atoms with Crippen molar-refractivity contribution in [3.63, 3.8) is 0 Å². The Bertz CT molecular complexity index is 325. The molecule has 5 nitrogen and oxygen atoms in total. The molecule has 1 fully saturated rings. The molecule has 19 heavy (non-hydrogen) atoms. The molecule has 1 rings (SSSR count). The van der Waals surface area contributed by atoms with Crippen LogP contribution in [0.5, 0.6) is 0 Å². The fourth-order valence-corrected chi connectivity index (χ4v) is 2.03. The van der Waals surface area contributed by atoms with Gasteiger partial charge in [0, 0.05) is 12.6 Å². The molecule has 110 valence electrons. The van der Waals surface area contributed by atoms with Gasteiger partial charge in [-0.15, -0.1) is 0 Å². The van der Waals surface area contributed by atoms with Crippen LogP contribution in [0.15, 0.2) is 0 Å². The van der Waals surface area contributed by atoms with Crippen LogP contribution in [-0.4, -0.2) is 40.6 Å². The van der Waals surface area contributed by atoms with Crippen LogP contribution in [0.1, 0.15) is 47.0 Å². The summed E-state index contributed by atoms with van der Waals surface area (Å²) in [5.41, 5.74) is 0. The molecular formula is C14H26N2O3. The highest BCUT2D eigenvalue weighted by molar-refractivity contribution is 5.82. The zero-order valence-corrected chi connectivity index (χ0v) is 12.3. The highest BCUT2D eigenvalue weighted by atomic mass is 16.4. The number of carbonyl (C=O) groups excluding carboxylic acids is 1. The van der Waals surface area contributed by atoms with Gasteiger partial charge in [0.15, 0.2) is 0 Å². The number of nitrogens with one attached hydrogen (secondary N) is 1. The summed E-state index contributed by atoms with van der Waals surface area (Å²) in [5, 5.41) is 11.8. The number of carboxylic acid groups (broad SMARTS) is 1. The van der Waals surface area contributed by atoms with Crippen molar-refractivity contribution in [1.82, 2.24) is 10.2 Å². The molecule has 0 saturated heterocycles. The predicted octanol–water partition coefficient (Wildman–Crippen LogP) is 2.32. The molecule has 1 saturated carbocycles. The first kappa shape index (κ1) is 15.8. The largest absolute Gasteiger partial charge is 0.480 e. The maximum Gasteiger partial charge on any atom is 0.326 e. The molecule has 0 heterocycles. The number of carbonyl (C=O) groups is 2. The lowest BCUT2D eigenvalue weighted by atomic mass is 10.0. The second-order valence-corrected chi connectivity index (χ2v) is 6.16. The van der Waals surface area contributed by atoms with E-state index >= 15 is 0 Å². The maximum absolute atomic E-state index is 12.2. The molecule has 1 aliphatic carbocycles. The van der Waals surface area contributed by atoms with Crippen molar-refractivity contribution in [3.8, 4) is 0 Å². The van der Waals surface area contributed by atoms with Crippen molar-refractivity contribution >= 4 is 12.0 Å². The van der Waals surface area contributed by atoms with Crippen LogP contribution in [0.2, 0.25) is 0 Å². The average molecular weight is 270 g/mol. The van der Waals surface area contributed by atoms with Crippen LogP contribution < -0.4 is 5.32 Å². The van der Waals surface area contributed by atoms with E-state index in [1.165, 1.54) is 12.8 Å². The number of aliphatic carboxylic acids is 1. The smallest absolute Gasteiger partial charge is 0.326 e. The Labute approximate surface area is 115 Å². The van der Waals surface area contributed by atoms with E-state index < -0.39 is 12.0 Å². The van der Waals surface area contributed by atoms with Crippen LogP contribution in [-0.2, 0) is 4.79 Å². The molecule has 2 amide bonds. The van der Waals surface area contributed by atoms with Crippen LogP contribution in [0.3, 0.4) is 0 Å². The molecule has 0 aromatic carbocycles. The highest BCUT2D eigenvalue weighted by Gasteiger charge is 2.30. The lowest BCUT2D eigenvalue weighted by Gasteiger charge is -2.29. The SMILES string of the molecule is CC(C)CC(NC(=O)N(CC1CC1)C(C)C)C(=O)O. The van der Waals surface area contributed by atoms with E-state index in [0.29, 0.717) is 12.3 Å². The molecule has 0 bridgehead atoms. The summed E-state index contributed by atoms with van der Waals surface area (Å²) < 4.78 is 0. The van der Waals surface area contributed by atoms with E-state index in [0.717, 1.165) is 6.54 Å². The fraction of sp³-hybridized carbons (Fsp3) is 0.857. The standard InChI is InChI=1S/C14H26N2O3/c1-9(2)7-12(13(17)18)15-14(19)16(10(3)4)8-11-5-6-11/h9-12H,5-8H2,1-4H3,(H,15,19)(H,17,18). The number of nitrogens with zero attached hydrogens (tertiary/aromatic N) is 1. The summed E-state index contributed by atoms with van der Waals surface area (Å²) in [4.78, 5) is 25.1. The summed E-state index contributed by atoms with van der Waals surface area (Å²) in [5.74, 6) is -0.129. The zero-order chi connectivity index (χ0) is 14.6. The molecular weight excluding hydrogens is 244 g/mol. The number of hydrogen-bond acceptors (Lipinski definition) is 2. The molecule has 1 unspecified atom stereocenters. The molecule has 0 aromatic rings. The van der Waals surface area contributed by atoms with E-state index in [9.17, 15) is 9.59 Å². The Kier molecular flexibility index (Phi) is 5.63. The number of carboxylic acids is 1. The van der Waals surface area contributed by atoms with Gasteiger partial charge in [-0.05, 0) is 44.9 Å². The van der Waals surface area contributed by atoms with Gasteiger partial charge in [0.1, 0.15) is 6.04 Å². The van der Waals surface area contributed by atoms with E-state index in [1.807, 2.05) is 27.7 Å². The van der Waals surface area contributed by atoms with Crippen LogP contribution in [0.25, 0.3) is 0 Å². The number of amides is 2. The third-order valence-corrected chi connectivity index (χ3v) is 3.34. The Morgan fingerprint density at radius 2 is 1.84 bits per heavy atom. The third-order valence-electron chi connectivity index (χ3n) is 3.34. The first-order valence-corrected chi connectivity index (χ1v) is 7.11. The van der Waals surface area contributed by atoms with Crippen molar-refractivity contribution < 1.29 is 14.7 Å². The van der Waals surface area contributed by atoms with Crippen molar-refractivity contribution in [2.45, 2.75) is 59.0 Å². The summed E-state index contributed by atoms with van der Waals surface area (Å²) in [6.45, 7) is 8.55. The van der Waals surface area contributed by atoms with Gasteiger partial charge in [-0.3, -0.25) is 0 Å².